The van der Waals surface area contributed by atoms with Crippen LogP contribution in [-0.4, -0.2) is 34.2 Å². The first kappa shape index (κ1) is 13.2. The van der Waals surface area contributed by atoms with Gasteiger partial charge in [0.2, 0.25) is 0 Å². The highest BCUT2D eigenvalue weighted by Gasteiger charge is 2.12. The fourth-order valence-corrected chi connectivity index (χ4v) is 1.45. The molecule has 0 spiro atoms. The van der Waals surface area contributed by atoms with Gasteiger partial charge < -0.3 is 14.6 Å². The molecule has 0 bridgehead atoms. The van der Waals surface area contributed by atoms with Crippen LogP contribution in [0.2, 0.25) is 0 Å². The summed E-state index contributed by atoms with van der Waals surface area (Å²) < 4.78 is 1.57. The maximum Gasteiger partial charge on any atom is 0.305 e. The van der Waals surface area contributed by atoms with Crippen molar-refractivity contribution < 1.29 is 9.90 Å². The van der Waals surface area contributed by atoms with Crippen LogP contribution in [0.5, 0.6) is 0 Å². The predicted molar refractivity (Wildman–Crippen MR) is 64.4 cm³/mol. The molecule has 1 aromatic rings. The summed E-state index contributed by atoms with van der Waals surface area (Å²) in [6.07, 6.45) is 3.16. The molecule has 0 amide bonds. The Labute approximate surface area is 99.5 Å². The molecule has 1 N–H and O–H groups in total. The second kappa shape index (κ2) is 5.47. The van der Waals surface area contributed by atoms with E-state index in [1.807, 2.05) is 13.8 Å². The van der Waals surface area contributed by atoms with Gasteiger partial charge in [0.25, 0.3) is 5.56 Å². The molecule has 0 aliphatic carbocycles. The first-order valence-electron chi connectivity index (χ1n) is 5.43. The van der Waals surface area contributed by atoms with Crippen molar-refractivity contribution >= 4 is 11.8 Å². The van der Waals surface area contributed by atoms with Crippen molar-refractivity contribution in [1.82, 2.24) is 9.55 Å². The number of nitrogens with zero attached hydrogens (tertiary/aromatic N) is 3. The Morgan fingerprint density at radius 3 is 2.76 bits per heavy atom. The number of rotatable bonds is 5. The van der Waals surface area contributed by atoms with E-state index in [1.165, 1.54) is 0 Å². The number of hydrogen-bond donors (Lipinski definition) is 1. The molecule has 1 heterocycles. The molecule has 6 heteroatoms. The molecule has 0 aromatic carbocycles. The van der Waals surface area contributed by atoms with Gasteiger partial charge in [-0.3, -0.25) is 9.59 Å². The van der Waals surface area contributed by atoms with Gasteiger partial charge in [-0.2, -0.15) is 0 Å². The summed E-state index contributed by atoms with van der Waals surface area (Å²) in [7, 11) is 1.66. The molecule has 1 rings (SSSR count). The van der Waals surface area contributed by atoms with Crippen molar-refractivity contribution in [2.45, 2.75) is 26.3 Å². The van der Waals surface area contributed by atoms with Crippen LogP contribution in [0, 0.1) is 0 Å². The first-order chi connectivity index (χ1) is 7.93. The van der Waals surface area contributed by atoms with E-state index in [9.17, 15) is 9.59 Å². The number of carbonyl (C=O) groups is 1. The van der Waals surface area contributed by atoms with E-state index in [0.717, 1.165) is 0 Å². The van der Waals surface area contributed by atoms with E-state index in [2.05, 4.69) is 4.98 Å². The van der Waals surface area contributed by atoms with Gasteiger partial charge in [0, 0.05) is 32.0 Å². The van der Waals surface area contributed by atoms with Gasteiger partial charge in [0.15, 0.2) is 5.82 Å². The SMILES string of the molecule is CC(C)n1ccnc(N(C)CCC(=O)O)c1=O. The van der Waals surface area contributed by atoms with E-state index >= 15 is 0 Å². The fraction of sp³-hybridized carbons (Fsp3) is 0.545. The van der Waals surface area contributed by atoms with Crippen LogP contribution >= 0.6 is 0 Å². The first-order valence-corrected chi connectivity index (χ1v) is 5.43. The predicted octanol–water partition coefficient (Wildman–Crippen LogP) is 0.735. The van der Waals surface area contributed by atoms with Gasteiger partial charge in [-0.25, -0.2) is 4.98 Å². The summed E-state index contributed by atoms with van der Waals surface area (Å²) in [4.78, 5) is 28.0. The molecule has 6 nitrogen and oxygen atoms in total. The van der Waals surface area contributed by atoms with Gasteiger partial charge in [-0.05, 0) is 13.8 Å². The summed E-state index contributed by atoms with van der Waals surface area (Å²) in [5, 5.41) is 8.59. The minimum Gasteiger partial charge on any atom is -0.481 e. The van der Waals surface area contributed by atoms with Gasteiger partial charge in [-0.15, -0.1) is 0 Å². The average molecular weight is 239 g/mol. The maximum atomic E-state index is 12.0. The van der Waals surface area contributed by atoms with E-state index in [0.29, 0.717) is 0 Å². The van der Waals surface area contributed by atoms with Crippen LogP contribution in [-0.2, 0) is 4.79 Å². The van der Waals surface area contributed by atoms with Crippen molar-refractivity contribution in [3.05, 3.63) is 22.7 Å². The molecule has 0 atom stereocenters. The summed E-state index contributed by atoms with van der Waals surface area (Å²) in [6.45, 7) is 4.07. The highest BCUT2D eigenvalue weighted by atomic mass is 16.4. The molecular formula is C11H17N3O3. The third-order valence-corrected chi connectivity index (χ3v) is 2.43. The van der Waals surface area contributed by atoms with E-state index < -0.39 is 5.97 Å². The fourth-order valence-electron chi connectivity index (χ4n) is 1.45. The summed E-state index contributed by atoms with van der Waals surface area (Å²) >= 11 is 0. The van der Waals surface area contributed by atoms with Crippen LogP contribution in [0.25, 0.3) is 0 Å². The van der Waals surface area contributed by atoms with Crippen LogP contribution in [0.4, 0.5) is 5.82 Å². The summed E-state index contributed by atoms with van der Waals surface area (Å²) in [5.74, 6) is -0.612. The van der Waals surface area contributed by atoms with Gasteiger partial charge >= 0.3 is 5.97 Å². The second-order valence-electron chi connectivity index (χ2n) is 4.12. The minimum absolute atomic E-state index is 0.0196. The van der Waals surface area contributed by atoms with Crippen LogP contribution < -0.4 is 10.5 Å². The number of aliphatic carboxylic acids is 1. The topological polar surface area (TPSA) is 75.4 Å². The van der Waals surface area contributed by atoms with Crippen LogP contribution in [0.1, 0.15) is 26.3 Å². The quantitative estimate of drug-likeness (QED) is 0.820. The number of carboxylic acids is 1. The van der Waals surface area contributed by atoms with Crippen LogP contribution in [0.15, 0.2) is 17.2 Å². The Balaban J connectivity index is 2.94. The third kappa shape index (κ3) is 3.30. The van der Waals surface area contributed by atoms with Crippen molar-refractivity contribution in [3.63, 3.8) is 0 Å². The molecule has 0 aliphatic rings. The molecule has 0 unspecified atom stereocenters. The number of carboxylic acid groups (broad SMARTS) is 1. The Bertz CT molecular complexity index is 454. The van der Waals surface area contributed by atoms with Crippen molar-refractivity contribution in [1.29, 1.82) is 0 Å². The smallest absolute Gasteiger partial charge is 0.305 e. The zero-order chi connectivity index (χ0) is 13.0. The highest BCUT2D eigenvalue weighted by Crippen LogP contribution is 2.05. The molecular weight excluding hydrogens is 222 g/mol. The van der Waals surface area contributed by atoms with E-state index in [-0.39, 0.29) is 30.4 Å². The number of aromatic nitrogens is 2. The standard InChI is InChI=1S/C11H17N3O3/c1-8(2)14-7-5-12-10(11(14)17)13(3)6-4-9(15)16/h5,7-8H,4,6H2,1-3H3,(H,15,16). The van der Waals surface area contributed by atoms with Gasteiger partial charge in [0.1, 0.15) is 0 Å². The molecule has 0 fully saturated rings. The Kier molecular flexibility index (Phi) is 4.25. The lowest BCUT2D eigenvalue weighted by Crippen LogP contribution is -2.32. The van der Waals surface area contributed by atoms with Crippen molar-refractivity contribution in [2.24, 2.45) is 0 Å². The largest absolute Gasteiger partial charge is 0.481 e. The summed E-state index contributed by atoms with van der Waals surface area (Å²) in [5.41, 5.74) is -0.199. The lowest BCUT2D eigenvalue weighted by Gasteiger charge is -2.18. The van der Waals surface area contributed by atoms with Crippen molar-refractivity contribution in [2.75, 3.05) is 18.5 Å². The average Bonchev–Trinajstić information content (AvgIpc) is 2.25. The second-order valence-corrected chi connectivity index (χ2v) is 4.12. The highest BCUT2D eigenvalue weighted by molar-refractivity contribution is 5.67. The molecule has 0 aliphatic heterocycles. The lowest BCUT2D eigenvalue weighted by atomic mass is 10.3. The zero-order valence-corrected chi connectivity index (χ0v) is 10.3. The van der Waals surface area contributed by atoms with Crippen molar-refractivity contribution in [3.8, 4) is 0 Å². The Morgan fingerprint density at radius 2 is 2.24 bits per heavy atom. The van der Waals surface area contributed by atoms with E-state index in [4.69, 9.17) is 5.11 Å². The van der Waals surface area contributed by atoms with Gasteiger partial charge in [0.05, 0.1) is 6.42 Å². The summed E-state index contributed by atoms with van der Waals surface area (Å²) in [6, 6.07) is 0.0529. The zero-order valence-electron chi connectivity index (χ0n) is 10.3. The number of hydrogen-bond acceptors (Lipinski definition) is 4. The minimum atomic E-state index is -0.892. The maximum absolute atomic E-state index is 12.0. The molecule has 0 saturated carbocycles. The Hall–Kier alpha value is -1.85. The molecule has 0 radical (unpaired) electrons. The number of anilines is 1. The van der Waals surface area contributed by atoms with Crippen LogP contribution in [0.3, 0.4) is 0 Å². The van der Waals surface area contributed by atoms with E-state index in [1.54, 1.807) is 28.9 Å². The third-order valence-electron chi connectivity index (χ3n) is 2.43. The van der Waals surface area contributed by atoms with Gasteiger partial charge in [-0.1, -0.05) is 0 Å². The normalized spacial score (nSPS) is 10.6. The Morgan fingerprint density at radius 1 is 1.59 bits per heavy atom. The lowest BCUT2D eigenvalue weighted by molar-refractivity contribution is -0.136. The molecule has 17 heavy (non-hydrogen) atoms. The molecule has 1 aromatic heterocycles. The molecule has 94 valence electrons. The molecule has 0 saturated heterocycles. The monoisotopic (exact) mass is 239 g/mol.